The van der Waals surface area contributed by atoms with Crippen molar-refractivity contribution in [3.63, 3.8) is 0 Å². The lowest BCUT2D eigenvalue weighted by Gasteiger charge is -2.20. The number of hydrogen-bond acceptors (Lipinski definition) is 2. The summed E-state index contributed by atoms with van der Waals surface area (Å²) in [4.78, 5) is 4.60. The molecule has 1 aliphatic carbocycles. The van der Waals surface area contributed by atoms with Crippen molar-refractivity contribution in [1.82, 2.24) is 5.32 Å². The van der Waals surface area contributed by atoms with E-state index in [1.807, 2.05) is 11.8 Å². The van der Waals surface area contributed by atoms with Crippen LogP contribution >= 0.6 is 11.8 Å². The molecule has 1 heterocycles. The van der Waals surface area contributed by atoms with E-state index in [0.29, 0.717) is 5.54 Å². The average molecular weight is 198 g/mol. The van der Waals surface area contributed by atoms with E-state index >= 15 is 0 Å². The number of rotatable bonds is 3. The van der Waals surface area contributed by atoms with Gasteiger partial charge in [0.05, 0.1) is 0 Å². The van der Waals surface area contributed by atoms with Gasteiger partial charge in [-0.05, 0) is 32.1 Å². The molecule has 2 aliphatic rings. The molecular formula is C10H18N2S. The zero-order valence-corrected chi connectivity index (χ0v) is 9.28. The number of nitrogens with zero attached hydrogens (tertiary/aromatic N) is 1. The summed E-state index contributed by atoms with van der Waals surface area (Å²) in [7, 11) is 0. The van der Waals surface area contributed by atoms with Crippen molar-refractivity contribution in [3.05, 3.63) is 0 Å². The molecule has 0 aromatic carbocycles. The summed E-state index contributed by atoms with van der Waals surface area (Å²) in [5, 5.41) is 4.69. The molecule has 3 heteroatoms. The third-order valence-corrected chi connectivity index (χ3v) is 4.19. The lowest BCUT2D eigenvalue weighted by molar-refractivity contribution is 0.466. The highest BCUT2D eigenvalue weighted by atomic mass is 32.2. The maximum Gasteiger partial charge on any atom is 0.157 e. The zero-order valence-electron chi connectivity index (χ0n) is 8.47. The Hall–Kier alpha value is -0.180. The van der Waals surface area contributed by atoms with Gasteiger partial charge in [0.15, 0.2) is 5.17 Å². The summed E-state index contributed by atoms with van der Waals surface area (Å²) in [6.45, 7) is 5.56. The van der Waals surface area contributed by atoms with Crippen molar-refractivity contribution < 1.29 is 0 Å². The van der Waals surface area contributed by atoms with Gasteiger partial charge in [0, 0.05) is 17.8 Å². The minimum Gasteiger partial charge on any atom is -0.359 e. The average Bonchev–Trinajstić information content (AvgIpc) is 2.88. The van der Waals surface area contributed by atoms with E-state index in [-0.39, 0.29) is 0 Å². The van der Waals surface area contributed by atoms with Crippen LogP contribution < -0.4 is 5.32 Å². The van der Waals surface area contributed by atoms with Gasteiger partial charge in [-0.15, -0.1) is 0 Å². The molecule has 1 aliphatic heterocycles. The van der Waals surface area contributed by atoms with E-state index in [1.165, 1.54) is 30.2 Å². The lowest BCUT2D eigenvalue weighted by Crippen LogP contribution is -2.39. The highest BCUT2D eigenvalue weighted by Crippen LogP contribution is 2.30. The fourth-order valence-electron chi connectivity index (χ4n) is 1.35. The van der Waals surface area contributed by atoms with Crippen molar-refractivity contribution in [3.8, 4) is 0 Å². The van der Waals surface area contributed by atoms with Crippen LogP contribution in [0, 0.1) is 5.92 Å². The van der Waals surface area contributed by atoms with E-state index in [2.05, 4.69) is 24.2 Å². The maximum absolute atomic E-state index is 4.60. The van der Waals surface area contributed by atoms with Gasteiger partial charge in [-0.25, -0.2) is 0 Å². The topological polar surface area (TPSA) is 24.4 Å². The zero-order chi connectivity index (χ0) is 9.31. The van der Waals surface area contributed by atoms with Crippen LogP contribution in [0.1, 0.15) is 33.1 Å². The number of aliphatic imine (C=N–C) groups is 1. The Kier molecular flexibility index (Phi) is 2.54. The summed E-state index contributed by atoms with van der Waals surface area (Å²) >= 11 is 1.88. The highest BCUT2D eigenvalue weighted by molar-refractivity contribution is 8.14. The summed E-state index contributed by atoms with van der Waals surface area (Å²) in [5.41, 5.74) is 0.299. The van der Waals surface area contributed by atoms with Crippen LogP contribution in [0.4, 0.5) is 0 Å². The van der Waals surface area contributed by atoms with Crippen LogP contribution in [0.25, 0.3) is 0 Å². The van der Waals surface area contributed by atoms with Crippen LogP contribution in [0.5, 0.6) is 0 Å². The van der Waals surface area contributed by atoms with Crippen molar-refractivity contribution in [1.29, 1.82) is 0 Å². The molecule has 1 unspecified atom stereocenters. The highest BCUT2D eigenvalue weighted by Gasteiger charge is 2.31. The van der Waals surface area contributed by atoms with Crippen molar-refractivity contribution in [2.24, 2.45) is 10.9 Å². The summed E-state index contributed by atoms with van der Waals surface area (Å²) < 4.78 is 0. The smallest absolute Gasteiger partial charge is 0.157 e. The van der Waals surface area contributed by atoms with E-state index < -0.39 is 0 Å². The molecule has 0 aromatic heterocycles. The second-order valence-corrected chi connectivity index (χ2v) is 5.38. The molecular weight excluding hydrogens is 180 g/mol. The second-order valence-electron chi connectivity index (χ2n) is 4.42. The molecule has 1 N–H and O–H groups in total. The second kappa shape index (κ2) is 3.52. The predicted molar refractivity (Wildman–Crippen MR) is 59.3 cm³/mol. The first-order valence-electron chi connectivity index (χ1n) is 5.17. The lowest BCUT2D eigenvalue weighted by atomic mass is 10.0. The van der Waals surface area contributed by atoms with Crippen molar-refractivity contribution in [2.45, 2.75) is 38.6 Å². The van der Waals surface area contributed by atoms with Crippen molar-refractivity contribution >= 4 is 16.9 Å². The summed E-state index contributed by atoms with van der Waals surface area (Å²) in [5.74, 6) is 2.08. The van der Waals surface area contributed by atoms with Gasteiger partial charge in [-0.1, -0.05) is 18.7 Å². The monoisotopic (exact) mass is 198 g/mol. The minimum absolute atomic E-state index is 0.299. The van der Waals surface area contributed by atoms with Crippen LogP contribution in [-0.2, 0) is 0 Å². The Morgan fingerprint density at radius 1 is 1.62 bits per heavy atom. The van der Waals surface area contributed by atoms with Gasteiger partial charge in [0.1, 0.15) is 0 Å². The maximum atomic E-state index is 4.60. The molecule has 1 saturated carbocycles. The number of thioether (sulfide) groups is 1. The molecule has 1 atom stereocenters. The molecule has 0 spiro atoms. The molecule has 1 saturated heterocycles. The number of hydrogen-bond donors (Lipinski definition) is 1. The predicted octanol–water partition coefficient (Wildman–Crippen LogP) is 2.26. The van der Waals surface area contributed by atoms with Crippen LogP contribution in [-0.4, -0.2) is 23.0 Å². The van der Waals surface area contributed by atoms with E-state index in [4.69, 9.17) is 0 Å². The number of nitrogens with one attached hydrogen (secondary N) is 1. The van der Waals surface area contributed by atoms with Crippen LogP contribution in [0.15, 0.2) is 4.99 Å². The molecule has 0 bridgehead atoms. The quantitative estimate of drug-likeness (QED) is 0.752. The Morgan fingerprint density at radius 2 is 2.38 bits per heavy atom. The van der Waals surface area contributed by atoms with Gasteiger partial charge >= 0.3 is 0 Å². The molecule has 0 amide bonds. The fourth-order valence-corrected chi connectivity index (χ4v) is 2.56. The van der Waals surface area contributed by atoms with E-state index in [1.54, 1.807) is 0 Å². The van der Waals surface area contributed by atoms with Gasteiger partial charge in [0.2, 0.25) is 0 Å². The molecule has 74 valence electrons. The van der Waals surface area contributed by atoms with Gasteiger partial charge < -0.3 is 5.32 Å². The van der Waals surface area contributed by atoms with E-state index in [0.717, 1.165) is 12.5 Å². The first-order chi connectivity index (χ1) is 6.22. The van der Waals surface area contributed by atoms with Gasteiger partial charge in [0.25, 0.3) is 0 Å². The summed E-state index contributed by atoms with van der Waals surface area (Å²) in [6, 6.07) is 0. The summed E-state index contributed by atoms with van der Waals surface area (Å²) in [6.07, 6.45) is 3.97. The Balaban J connectivity index is 1.85. The number of amidine groups is 1. The van der Waals surface area contributed by atoms with Gasteiger partial charge in [-0.3, -0.25) is 4.99 Å². The fraction of sp³-hybridized carbons (Fsp3) is 0.900. The third kappa shape index (κ3) is 2.39. The van der Waals surface area contributed by atoms with Crippen LogP contribution in [0.2, 0.25) is 0 Å². The standard InChI is InChI=1S/C10H18N2S/c1-3-10(2)7-13-9(12-10)11-6-8-4-5-8/h8H,3-7H2,1-2H3,(H,11,12). The molecule has 0 aromatic rings. The molecule has 13 heavy (non-hydrogen) atoms. The molecule has 2 rings (SSSR count). The third-order valence-electron chi connectivity index (χ3n) is 2.91. The largest absolute Gasteiger partial charge is 0.359 e. The Bertz CT molecular complexity index is 223. The Labute approximate surface area is 84.6 Å². The minimum atomic E-state index is 0.299. The Morgan fingerprint density at radius 3 is 2.92 bits per heavy atom. The normalized spacial score (nSPS) is 36.6. The van der Waals surface area contributed by atoms with E-state index in [9.17, 15) is 0 Å². The SMILES string of the molecule is CCC1(C)CSC(=NCC2CC2)N1. The molecule has 2 fully saturated rings. The molecule has 0 radical (unpaired) electrons. The van der Waals surface area contributed by atoms with Crippen molar-refractivity contribution in [2.75, 3.05) is 12.3 Å². The first kappa shape index (κ1) is 9.38. The molecule has 2 nitrogen and oxygen atoms in total. The van der Waals surface area contributed by atoms with Crippen LogP contribution in [0.3, 0.4) is 0 Å². The van der Waals surface area contributed by atoms with Gasteiger partial charge in [-0.2, -0.15) is 0 Å². The first-order valence-corrected chi connectivity index (χ1v) is 6.16.